The number of carbonyl (C=O) groups excluding carboxylic acids is 1. The third-order valence-electron chi connectivity index (χ3n) is 0.456. The van der Waals surface area contributed by atoms with E-state index in [4.69, 9.17) is 24.9 Å². The molecule has 0 heterocycles. The quantitative estimate of drug-likeness (QED) is 0.184. The van der Waals surface area contributed by atoms with Gasteiger partial charge >= 0.3 is 29.6 Å². The molecular weight excluding hydrogens is 203 g/mol. The molecular formula is C4H8ClNaO4S. The first-order valence-corrected chi connectivity index (χ1v) is 3.99. The van der Waals surface area contributed by atoms with Crippen LogP contribution in [0.25, 0.3) is 0 Å². The Hall–Kier alpha value is 1.03. The Morgan fingerprint density at radius 3 is 2.09 bits per heavy atom. The first-order chi connectivity index (χ1) is 4.65. The van der Waals surface area contributed by atoms with Crippen LogP contribution < -0.4 is 29.6 Å². The van der Waals surface area contributed by atoms with Crippen molar-refractivity contribution in [3.05, 3.63) is 0 Å². The van der Waals surface area contributed by atoms with Gasteiger partial charge in [0.2, 0.25) is 0 Å². The molecule has 0 aliphatic heterocycles. The zero-order valence-corrected chi connectivity index (χ0v) is 9.73. The molecule has 0 aliphatic carbocycles. The fourth-order valence-electron chi connectivity index (χ4n) is 0.160. The van der Waals surface area contributed by atoms with E-state index in [1.807, 2.05) is 0 Å². The van der Waals surface area contributed by atoms with Gasteiger partial charge in [0.15, 0.2) is 0 Å². The molecule has 0 aliphatic rings. The van der Waals surface area contributed by atoms with E-state index in [-0.39, 0.29) is 29.6 Å². The Morgan fingerprint density at radius 2 is 2.00 bits per heavy atom. The van der Waals surface area contributed by atoms with Gasteiger partial charge in [0.25, 0.3) is 0 Å². The zero-order chi connectivity index (χ0) is 8.41. The van der Waals surface area contributed by atoms with Gasteiger partial charge in [-0.15, -0.1) is 11.6 Å². The zero-order valence-electron chi connectivity index (χ0n) is 6.16. The molecule has 4 nitrogen and oxygen atoms in total. The molecule has 0 radical (unpaired) electrons. The van der Waals surface area contributed by atoms with Gasteiger partial charge in [-0.25, -0.2) is 4.21 Å². The minimum Gasteiger partial charge on any atom is -0.750 e. The van der Waals surface area contributed by atoms with Crippen LogP contribution in [-0.4, -0.2) is 25.5 Å². The van der Waals surface area contributed by atoms with Crippen molar-refractivity contribution in [2.75, 3.05) is 5.88 Å². The molecule has 1 atom stereocenters. The van der Waals surface area contributed by atoms with Crippen molar-refractivity contribution in [2.24, 2.45) is 0 Å². The van der Waals surface area contributed by atoms with Crippen LogP contribution in [0.4, 0.5) is 0 Å². The molecule has 0 bridgehead atoms. The van der Waals surface area contributed by atoms with Gasteiger partial charge in [-0.3, -0.25) is 0 Å². The van der Waals surface area contributed by atoms with Crippen LogP contribution in [0.15, 0.2) is 0 Å². The molecule has 11 heavy (non-hydrogen) atoms. The van der Waals surface area contributed by atoms with E-state index in [9.17, 15) is 4.79 Å². The Labute approximate surface area is 95.1 Å². The molecule has 0 aromatic heterocycles. The molecule has 0 aromatic carbocycles. The van der Waals surface area contributed by atoms with E-state index in [0.29, 0.717) is 12.3 Å². The maximum absolute atomic E-state index is 9.51. The summed E-state index contributed by atoms with van der Waals surface area (Å²) in [5.41, 5.74) is 0. The Kier molecular flexibility index (Phi) is 28.1. The summed E-state index contributed by atoms with van der Waals surface area (Å²) >= 11 is 2.36. The van der Waals surface area contributed by atoms with E-state index in [1.54, 1.807) is 0 Å². The predicted molar refractivity (Wildman–Crippen MR) is 37.6 cm³/mol. The monoisotopic (exact) mass is 210 g/mol. The van der Waals surface area contributed by atoms with Gasteiger partial charge < -0.3 is 13.9 Å². The van der Waals surface area contributed by atoms with Crippen molar-refractivity contribution in [1.29, 1.82) is 0 Å². The van der Waals surface area contributed by atoms with Gasteiger partial charge in [-0.05, 0) is 6.42 Å². The second-order valence-corrected chi connectivity index (χ2v) is 2.03. The number of hydrogen-bond donors (Lipinski definition) is 1. The normalized spacial score (nSPS) is 10.1. The molecule has 0 aromatic rings. The van der Waals surface area contributed by atoms with Gasteiger partial charge in [0.1, 0.15) is 6.29 Å². The molecule has 62 valence electrons. The second kappa shape index (κ2) is 17.2. The molecule has 1 N–H and O–H groups in total. The Bertz CT molecular complexity index is 98.1. The van der Waals surface area contributed by atoms with Crippen molar-refractivity contribution in [1.82, 2.24) is 0 Å². The number of halogens is 1. The Morgan fingerprint density at radius 1 is 1.64 bits per heavy atom. The fraction of sp³-hybridized carbons (Fsp3) is 0.750. The summed E-state index contributed by atoms with van der Waals surface area (Å²) in [5, 5.41) is 0. The predicted octanol–water partition coefficient (Wildman–Crippen LogP) is -2.45. The number of carbonyl (C=O) groups is 1. The van der Waals surface area contributed by atoms with E-state index in [2.05, 4.69) is 0 Å². The number of aldehydes is 1. The molecule has 0 amide bonds. The first kappa shape index (κ1) is 17.9. The number of alkyl halides is 1. The van der Waals surface area contributed by atoms with E-state index in [0.717, 1.165) is 12.7 Å². The average Bonchev–Trinajstić information content (AvgIpc) is 1.82. The van der Waals surface area contributed by atoms with Crippen LogP contribution in [0.2, 0.25) is 0 Å². The maximum Gasteiger partial charge on any atom is 1.00 e. The van der Waals surface area contributed by atoms with Crippen LogP contribution in [-0.2, 0) is 16.2 Å². The van der Waals surface area contributed by atoms with Gasteiger partial charge in [-0.2, -0.15) is 0 Å². The van der Waals surface area contributed by atoms with Crippen molar-refractivity contribution >= 4 is 29.2 Å². The maximum atomic E-state index is 9.51. The third-order valence-corrected chi connectivity index (χ3v) is 0.723. The fourth-order valence-corrected chi connectivity index (χ4v) is 0.315. The smallest absolute Gasteiger partial charge is 0.750 e. The van der Waals surface area contributed by atoms with Crippen molar-refractivity contribution < 1.29 is 47.7 Å². The SMILES string of the molecule is O=CCCCCl.O=S([O-])O.[Na+]. The minimum atomic E-state index is -2.86. The van der Waals surface area contributed by atoms with Crippen LogP contribution >= 0.6 is 11.6 Å². The van der Waals surface area contributed by atoms with Crippen LogP contribution in [0.3, 0.4) is 0 Å². The third kappa shape index (κ3) is 55.4. The van der Waals surface area contributed by atoms with Gasteiger partial charge in [0, 0.05) is 12.3 Å². The van der Waals surface area contributed by atoms with Crippen molar-refractivity contribution in [3.8, 4) is 0 Å². The van der Waals surface area contributed by atoms with Gasteiger partial charge in [0.05, 0.1) is 11.4 Å². The molecule has 0 spiro atoms. The van der Waals surface area contributed by atoms with Crippen LogP contribution in [0.5, 0.6) is 0 Å². The van der Waals surface area contributed by atoms with Gasteiger partial charge in [-0.1, -0.05) is 0 Å². The molecule has 0 fully saturated rings. The summed E-state index contributed by atoms with van der Waals surface area (Å²) in [4.78, 5) is 9.51. The van der Waals surface area contributed by atoms with E-state index < -0.39 is 11.4 Å². The Balaban J connectivity index is -0.000000114. The summed E-state index contributed by atoms with van der Waals surface area (Å²) in [6, 6.07) is 0. The van der Waals surface area contributed by atoms with Crippen LogP contribution in [0, 0.1) is 0 Å². The number of hydrogen-bond acceptors (Lipinski definition) is 3. The summed E-state index contributed by atoms with van der Waals surface area (Å²) in [7, 11) is 0. The van der Waals surface area contributed by atoms with Crippen LogP contribution in [0.1, 0.15) is 12.8 Å². The summed E-state index contributed by atoms with van der Waals surface area (Å²) in [6.45, 7) is 0. The van der Waals surface area contributed by atoms with E-state index in [1.165, 1.54) is 0 Å². The molecule has 1 unspecified atom stereocenters. The largest absolute Gasteiger partial charge is 1.00 e. The standard InChI is InChI=1S/C4H7ClO.Na.H2O3S/c5-3-1-2-4-6;;1-4(2)3/h4H,1-3H2;;(H2,1,2,3)/q;+1;/p-1. The van der Waals surface area contributed by atoms with E-state index >= 15 is 0 Å². The van der Waals surface area contributed by atoms with Crippen molar-refractivity contribution in [3.63, 3.8) is 0 Å². The topological polar surface area (TPSA) is 77.4 Å². The summed E-state index contributed by atoms with van der Waals surface area (Å²) < 4.78 is 24.1. The molecule has 0 saturated heterocycles. The van der Waals surface area contributed by atoms with Crippen molar-refractivity contribution in [2.45, 2.75) is 12.8 Å². The molecule has 7 heteroatoms. The number of rotatable bonds is 3. The molecule has 0 rings (SSSR count). The second-order valence-electron chi connectivity index (χ2n) is 1.21. The first-order valence-electron chi connectivity index (χ1n) is 2.43. The minimum absolute atomic E-state index is 0. The average molecular weight is 211 g/mol. The summed E-state index contributed by atoms with van der Waals surface area (Å²) in [5.74, 6) is 0.596. The molecule has 0 saturated carbocycles. The summed E-state index contributed by atoms with van der Waals surface area (Å²) in [6.07, 6.45) is 2.29. The number of unbranched alkanes of at least 4 members (excludes halogenated alkanes) is 1.